The van der Waals surface area contributed by atoms with Crippen LogP contribution in [-0.2, 0) is 11.2 Å². The van der Waals surface area contributed by atoms with Gasteiger partial charge in [0.05, 0.1) is 0 Å². The molecule has 0 spiro atoms. The molecule has 144 valence electrons. The Kier molecular flexibility index (Phi) is 7.06. The summed E-state index contributed by atoms with van der Waals surface area (Å²) in [5, 5.41) is 0. The number of rotatable bonds is 6. The molecule has 2 unspecified atom stereocenters. The Bertz CT molecular complexity index is 562. The van der Waals surface area contributed by atoms with E-state index < -0.39 is 0 Å². The first-order valence-electron chi connectivity index (χ1n) is 10.2. The zero-order chi connectivity index (χ0) is 18.4. The maximum atomic E-state index is 12.8. The molecule has 0 aromatic heterocycles. The predicted molar refractivity (Wildman–Crippen MR) is 106 cm³/mol. The van der Waals surface area contributed by atoms with Crippen molar-refractivity contribution in [3.05, 3.63) is 35.9 Å². The smallest absolute Gasteiger partial charge is 0.241 e. The van der Waals surface area contributed by atoms with Gasteiger partial charge in [-0.2, -0.15) is 0 Å². The quantitative estimate of drug-likeness (QED) is 0.817. The fourth-order valence-electron chi connectivity index (χ4n) is 3.97. The summed E-state index contributed by atoms with van der Waals surface area (Å²) in [6, 6.07) is 11.0. The average molecular weight is 359 g/mol. The van der Waals surface area contributed by atoms with Crippen molar-refractivity contribution in [3.8, 4) is 0 Å². The highest BCUT2D eigenvalue weighted by atomic mass is 16.2. The van der Waals surface area contributed by atoms with E-state index in [1.54, 1.807) is 0 Å². The Morgan fingerprint density at radius 1 is 1.12 bits per heavy atom. The second-order valence-electron chi connectivity index (χ2n) is 8.04. The summed E-state index contributed by atoms with van der Waals surface area (Å²) in [4.78, 5) is 17.4. The molecule has 2 saturated heterocycles. The number of nitrogens with zero attached hydrogens (tertiary/aromatic N) is 2. The van der Waals surface area contributed by atoms with E-state index in [4.69, 9.17) is 0 Å². The van der Waals surface area contributed by atoms with E-state index in [1.807, 2.05) is 0 Å². The third-order valence-corrected chi connectivity index (χ3v) is 5.72. The monoisotopic (exact) mass is 358 g/mol. The van der Waals surface area contributed by atoms with Crippen LogP contribution in [0.4, 0.5) is 0 Å². The Balaban J connectivity index is 1.41. The van der Waals surface area contributed by atoms with E-state index >= 15 is 0 Å². The second kappa shape index (κ2) is 9.49. The first-order chi connectivity index (χ1) is 12.6. The summed E-state index contributed by atoms with van der Waals surface area (Å²) in [6.45, 7) is 9.36. The highest BCUT2D eigenvalue weighted by Crippen LogP contribution is 2.16. The molecule has 3 rings (SSSR count). The minimum Gasteiger partial charge on any atom is -0.340 e. The molecule has 2 aliphatic heterocycles. The summed E-state index contributed by atoms with van der Waals surface area (Å²) in [5.41, 5.74) is 7.92. The molecule has 0 radical (unpaired) electrons. The Labute approximate surface area is 158 Å². The van der Waals surface area contributed by atoms with Crippen LogP contribution in [0, 0.1) is 5.92 Å². The third-order valence-electron chi connectivity index (χ3n) is 5.72. The number of aryl methyl sites for hydroxylation is 1. The van der Waals surface area contributed by atoms with E-state index in [1.165, 1.54) is 12.0 Å². The van der Waals surface area contributed by atoms with Gasteiger partial charge < -0.3 is 9.80 Å². The number of nitrogens with one attached hydrogen (secondary N) is 2. The van der Waals surface area contributed by atoms with Gasteiger partial charge in [0.25, 0.3) is 0 Å². The maximum absolute atomic E-state index is 12.8. The number of amides is 1. The van der Waals surface area contributed by atoms with Crippen LogP contribution in [0.25, 0.3) is 0 Å². The van der Waals surface area contributed by atoms with Crippen molar-refractivity contribution >= 4 is 5.91 Å². The van der Waals surface area contributed by atoms with Gasteiger partial charge in [-0.05, 0) is 50.3 Å². The molecule has 2 heterocycles. The van der Waals surface area contributed by atoms with Crippen LogP contribution in [0.5, 0.6) is 0 Å². The first-order valence-corrected chi connectivity index (χ1v) is 10.2. The molecule has 2 fully saturated rings. The fraction of sp³-hybridized carbons (Fsp3) is 0.667. The van der Waals surface area contributed by atoms with Crippen LogP contribution in [0.1, 0.15) is 38.7 Å². The number of hydrogen-bond donors (Lipinski definition) is 2. The summed E-state index contributed by atoms with van der Waals surface area (Å²) in [5.74, 6) is 0.816. The van der Waals surface area contributed by atoms with Crippen molar-refractivity contribution in [3.63, 3.8) is 0 Å². The number of carbonyl (C=O) groups excluding carboxylic acids is 1. The zero-order valence-electron chi connectivity index (χ0n) is 16.3. The average Bonchev–Trinajstić information content (AvgIpc) is 3.03. The molecule has 2 aliphatic rings. The summed E-state index contributed by atoms with van der Waals surface area (Å²) in [6.07, 6.45) is 4.29. The highest BCUT2D eigenvalue weighted by Gasteiger charge is 2.33. The molecule has 26 heavy (non-hydrogen) atoms. The van der Waals surface area contributed by atoms with Gasteiger partial charge in [0, 0.05) is 25.7 Å². The molecule has 1 aromatic rings. The Morgan fingerprint density at radius 2 is 1.92 bits per heavy atom. The Morgan fingerprint density at radius 3 is 2.65 bits per heavy atom. The Hall–Kier alpha value is -1.43. The van der Waals surface area contributed by atoms with E-state index in [0.717, 1.165) is 52.0 Å². The number of carbonyl (C=O) groups is 1. The lowest BCUT2D eigenvalue weighted by molar-refractivity contribution is -0.133. The third kappa shape index (κ3) is 5.29. The van der Waals surface area contributed by atoms with Crippen LogP contribution in [0.3, 0.4) is 0 Å². The molecule has 0 aliphatic carbocycles. The SMILES string of the molecule is CC(C)C1CC(C(=O)N2CCCN(CCCc3ccccc3)CC2)NN1. The van der Waals surface area contributed by atoms with Crippen molar-refractivity contribution in [2.24, 2.45) is 5.92 Å². The van der Waals surface area contributed by atoms with E-state index in [9.17, 15) is 4.79 Å². The predicted octanol–water partition coefficient (Wildman–Crippen LogP) is 2.04. The van der Waals surface area contributed by atoms with Gasteiger partial charge in [-0.15, -0.1) is 0 Å². The zero-order valence-corrected chi connectivity index (χ0v) is 16.3. The lowest BCUT2D eigenvalue weighted by Gasteiger charge is -2.24. The first kappa shape index (κ1) is 19.3. The molecule has 1 aromatic carbocycles. The van der Waals surface area contributed by atoms with Crippen molar-refractivity contribution in [1.29, 1.82) is 0 Å². The van der Waals surface area contributed by atoms with Gasteiger partial charge in [0.15, 0.2) is 0 Å². The highest BCUT2D eigenvalue weighted by molar-refractivity contribution is 5.82. The molecule has 5 heteroatoms. The summed E-state index contributed by atoms with van der Waals surface area (Å²) < 4.78 is 0. The van der Waals surface area contributed by atoms with Gasteiger partial charge in [0.2, 0.25) is 5.91 Å². The van der Waals surface area contributed by atoms with Crippen molar-refractivity contribution < 1.29 is 4.79 Å². The van der Waals surface area contributed by atoms with Crippen LogP contribution in [0.15, 0.2) is 30.3 Å². The number of hydrogen-bond acceptors (Lipinski definition) is 4. The molecule has 2 atom stereocenters. The van der Waals surface area contributed by atoms with Gasteiger partial charge >= 0.3 is 0 Å². The minimum absolute atomic E-state index is 0.0629. The molecular formula is C21H34N4O. The summed E-state index contributed by atoms with van der Waals surface area (Å²) >= 11 is 0. The second-order valence-corrected chi connectivity index (χ2v) is 8.04. The molecule has 1 amide bonds. The van der Waals surface area contributed by atoms with Gasteiger partial charge in [-0.1, -0.05) is 44.2 Å². The number of benzene rings is 1. The van der Waals surface area contributed by atoms with Crippen molar-refractivity contribution in [2.75, 3.05) is 32.7 Å². The largest absolute Gasteiger partial charge is 0.340 e. The minimum atomic E-state index is -0.0629. The summed E-state index contributed by atoms with van der Waals surface area (Å²) in [7, 11) is 0. The standard InChI is InChI=1S/C21H34N4O/c1-17(2)19-16-20(23-22-19)21(26)25-13-7-12-24(14-15-25)11-6-10-18-8-4-3-5-9-18/h3-5,8-9,17,19-20,22-23H,6-7,10-16H2,1-2H3. The molecule has 0 saturated carbocycles. The molecule has 2 N–H and O–H groups in total. The van der Waals surface area contributed by atoms with E-state index in [2.05, 4.69) is 64.8 Å². The van der Waals surface area contributed by atoms with Crippen LogP contribution in [0.2, 0.25) is 0 Å². The van der Waals surface area contributed by atoms with Gasteiger partial charge in [-0.3, -0.25) is 10.2 Å². The lowest BCUT2D eigenvalue weighted by Crippen LogP contribution is -2.47. The van der Waals surface area contributed by atoms with Gasteiger partial charge in [0.1, 0.15) is 6.04 Å². The lowest BCUT2D eigenvalue weighted by atomic mass is 9.99. The molecule has 5 nitrogen and oxygen atoms in total. The molecular weight excluding hydrogens is 324 g/mol. The maximum Gasteiger partial charge on any atom is 0.241 e. The fourth-order valence-corrected chi connectivity index (χ4v) is 3.97. The van der Waals surface area contributed by atoms with Crippen LogP contribution >= 0.6 is 0 Å². The van der Waals surface area contributed by atoms with Crippen molar-refractivity contribution in [1.82, 2.24) is 20.7 Å². The number of hydrazine groups is 1. The topological polar surface area (TPSA) is 47.6 Å². The van der Waals surface area contributed by atoms with Gasteiger partial charge in [-0.25, -0.2) is 5.43 Å². The van der Waals surface area contributed by atoms with E-state index in [0.29, 0.717) is 12.0 Å². The normalized spacial score (nSPS) is 24.8. The van der Waals surface area contributed by atoms with E-state index in [-0.39, 0.29) is 11.9 Å². The molecule has 0 bridgehead atoms. The van der Waals surface area contributed by atoms with Crippen molar-refractivity contribution in [2.45, 2.75) is 51.6 Å². The van der Waals surface area contributed by atoms with Crippen LogP contribution in [-0.4, -0.2) is 60.5 Å². The van der Waals surface area contributed by atoms with Crippen LogP contribution < -0.4 is 10.9 Å².